The largest absolute Gasteiger partial charge is 0.393 e. The number of carbonyl (C=O) groups excluding carboxylic acids is 1. The summed E-state index contributed by atoms with van der Waals surface area (Å²) in [6.45, 7) is 6.93. The minimum atomic E-state index is -0.0684. The van der Waals surface area contributed by atoms with E-state index in [9.17, 15) is 9.90 Å². The van der Waals surface area contributed by atoms with Gasteiger partial charge in [0.1, 0.15) is 0 Å². The highest BCUT2D eigenvalue weighted by Crippen LogP contribution is 2.66. The Labute approximate surface area is 140 Å². The normalized spacial score (nSPS) is 54.5. The summed E-state index contributed by atoms with van der Waals surface area (Å²) < 4.78 is 0. The van der Waals surface area contributed by atoms with Crippen molar-refractivity contribution >= 4 is 5.78 Å². The fraction of sp³-hybridized carbons (Fsp3) is 0.857. The molecule has 0 aromatic carbocycles. The van der Waals surface area contributed by atoms with Crippen molar-refractivity contribution in [1.82, 2.24) is 0 Å². The van der Waals surface area contributed by atoms with Gasteiger partial charge in [0.15, 0.2) is 5.78 Å². The molecule has 0 spiro atoms. The SMILES string of the molecule is C/C=C1/C(=O)C[C@H]2[C@@H]3CC[C@H]4C[C@@H](O)CC[C@]4(C)[C@H]3CC[C@]12C. The molecule has 2 heteroatoms. The molecule has 0 radical (unpaired) electrons. The third-order valence-electron chi connectivity index (χ3n) is 8.64. The molecule has 4 aliphatic carbocycles. The molecule has 4 saturated carbocycles. The first kappa shape index (κ1) is 15.9. The fourth-order valence-corrected chi connectivity index (χ4v) is 7.39. The number of aliphatic hydroxyl groups is 1. The summed E-state index contributed by atoms with van der Waals surface area (Å²) >= 11 is 0. The number of fused-ring (bicyclic) bond motifs is 5. The van der Waals surface area contributed by atoms with Crippen molar-refractivity contribution in [1.29, 1.82) is 0 Å². The topological polar surface area (TPSA) is 37.3 Å². The van der Waals surface area contributed by atoms with Crippen molar-refractivity contribution in [3.63, 3.8) is 0 Å². The number of ketones is 1. The lowest BCUT2D eigenvalue weighted by molar-refractivity contribution is -0.120. The van der Waals surface area contributed by atoms with Crippen LogP contribution in [0, 0.1) is 34.5 Å². The predicted octanol–water partition coefficient (Wildman–Crippen LogP) is 4.52. The van der Waals surface area contributed by atoms with Gasteiger partial charge >= 0.3 is 0 Å². The molecule has 0 aromatic rings. The summed E-state index contributed by atoms with van der Waals surface area (Å²) in [6.07, 6.45) is 11.0. The molecule has 0 aliphatic heterocycles. The summed E-state index contributed by atoms with van der Waals surface area (Å²) in [5, 5.41) is 10.1. The molecule has 7 atom stereocenters. The molecule has 0 aromatic heterocycles. The summed E-state index contributed by atoms with van der Waals surface area (Å²) in [6, 6.07) is 0. The minimum Gasteiger partial charge on any atom is -0.393 e. The van der Waals surface area contributed by atoms with Crippen LogP contribution in [0.1, 0.15) is 72.1 Å². The van der Waals surface area contributed by atoms with Crippen LogP contribution in [0.3, 0.4) is 0 Å². The van der Waals surface area contributed by atoms with E-state index in [2.05, 4.69) is 19.9 Å². The molecule has 1 N–H and O–H groups in total. The van der Waals surface area contributed by atoms with E-state index < -0.39 is 0 Å². The molecule has 0 amide bonds. The molecule has 0 heterocycles. The first-order valence-electron chi connectivity index (χ1n) is 9.78. The number of carbonyl (C=O) groups is 1. The Hall–Kier alpha value is -0.630. The van der Waals surface area contributed by atoms with Crippen molar-refractivity contribution in [3.05, 3.63) is 11.6 Å². The van der Waals surface area contributed by atoms with E-state index >= 15 is 0 Å². The lowest BCUT2D eigenvalue weighted by Gasteiger charge is -2.60. The first-order valence-corrected chi connectivity index (χ1v) is 9.78. The van der Waals surface area contributed by atoms with Crippen LogP contribution in [0.4, 0.5) is 0 Å². The Bertz CT molecular complexity index is 550. The lowest BCUT2D eigenvalue weighted by atomic mass is 9.45. The second-order valence-corrected chi connectivity index (χ2v) is 9.37. The average molecular weight is 316 g/mol. The molecule has 4 aliphatic rings. The maximum atomic E-state index is 12.6. The number of hydrogen-bond acceptors (Lipinski definition) is 2. The molecule has 0 bridgehead atoms. The van der Waals surface area contributed by atoms with Crippen LogP contribution in [0.2, 0.25) is 0 Å². The fourth-order valence-electron chi connectivity index (χ4n) is 7.39. The van der Waals surface area contributed by atoms with Gasteiger partial charge in [-0.15, -0.1) is 0 Å². The minimum absolute atomic E-state index is 0.0684. The van der Waals surface area contributed by atoms with E-state index in [0.717, 1.165) is 36.7 Å². The first-order chi connectivity index (χ1) is 10.9. The summed E-state index contributed by atoms with van der Waals surface area (Å²) in [4.78, 5) is 12.6. The highest BCUT2D eigenvalue weighted by atomic mass is 16.3. The van der Waals surface area contributed by atoms with Crippen LogP contribution in [-0.4, -0.2) is 17.0 Å². The third-order valence-corrected chi connectivity index (χ3v) is 8.64. The molecule has 0 saturated heterocycles. The number of hydrogen-bond donors (Lipinski definition) is 1. The van der Waals surface area contributed by atoms with E-state index in [-0.39, 0.29) is 11.5 Å². The zero-order valence-electron chi connectivity index (χ0n) is 15.0. The van der Waals surface area contributed by atoms with Gasteiger partial charge in [0.25, 0.3) is 0 Å². The Morgan fingerprint density at radius 2 is 1.87 bits per heavy atom. The molecule has 0 unspecified atom stereocenters. The van der Waals surface area contributed by atoms with E-state index in [0.29, 0.717) is 23.0 Å². The average Bonchev–Trinajstić information content (AvgIpc) is 2.77. The summed E-state index contributed by atoms with van der Waals surface area (Å²) in [5.41, 5.74) is 1.68. The van der Waals surface area contributed by atoms with Crippen LogP contribution in [0.25, 0.3) is 0 Å². The Morgan fingerprint density at radius 1 is 1.09 bits per heavy atom. The highest BCUT2D eigenvalue weighted by Gasteiger charge is 2.60. The zero-order chi connectivity index (χ0) is 16.4. The number of aliphatic hydroxyl groups excluding tert-OH is 1. The highest BCUT2D eigenvalue weighted by molar-refractivity contribution is 5.99. The van der Waals surface area contributed by atoms with Crippen molar-refractivity contribution in [2.45, 2.75) is 78.2 Å². The number of allylic oxidation sites excluding steroid dienone is 2. The van der Waals surface area contributed by atoms with E-state index in [1.807, 2.05) is 6.92 Å². The standard InChI is InChI=1S/C21H32O2/c1-4-16-19(23)12-18-15-6-5-13-11-14(22)7-9-20(13,2)17(15)8-10-21(16,18)3/h4,13-15,17-18,22H,5-12H2,1-3H3/b16-4-/t13-,14-,15+,17-,18-,20-,21+/m0/s1. The van der Waals surface area contributed by atoms with Gasteiger partial charge < -0.3 is 5.11 Å². The van der Waals surface area contributed by atoms with Crippen LogP contribution < -0.4 is 0 Å². The Morgan fingerprint density at radius 3 is 2.61 bits per heavy atom. The number of Topliss-reactive ketones (excluding diaryl/α,β-unsaturated/α-hetero) is 1. The van der Waals surface area contributed by atoms with Crippen molar-refractivity contribution in [3.8, 4) is 0 Å². The van der Waals surface area contributed by atoms with E-state index in [4.69, 9.17) is 0 Å². The Balaban J connectivity index is 1.66. The van der Waals surface area contributed by atoms with Gasteiger partial charge in [-0.2, -0.15) is 0 Å². The van der Waals surface area contributed by atoms with Gasteiger partial charge in [-0.1, -0.05) is 19.9 Å². The maximum Gasteiger partial charge on any atom is 0.159 e. The quantitative estimate of drug-likeness (QED) is 0.667. The van der Waals surface area contributed by atoms with Gasteiger partial charge in [-0.3, -0.25) is 4.79 Å². The lowest BCUT2D eigenvalue weighted by Crippen LogP contribution is -2.53. The molecular weight excluding hydrogens is 284 g/mol. The van der Waals surface area contributed by atoms with Crippen molar-refractivity contribution < 1.29 is 9.90 Å². The zero-order valence-corrected chi connectivity index (χ0v) is 15.0. The monoisotopic (exact) mass is 316 g/mol. The van der Waals surface area contributed by atoms with Crippen LogP contribution >= 0.6 is 0 Å². The second kappa shape index (κ2) is 5.18. The number of rotatable bonds is 0. The smallest absolute Gasteiger partial charge is 0.159 e. The second-order valence-electron chi connectivity index (χ2n) is 9.37. The van der Waals surface area contributed by atoms with Gasteiger partial charge in [-0.05, 0) is 91.9 Å². The molecule has 23 heavy (non-hydrogen) atoms. The van der Waals surface area contributed by atoms with Crippen molar-refractivity contribution in [2.75, 3.05) is 0 Å². The molecule has 128 valence electrons. The maximum absolute atomic E-state index is 12.6. The van der Waals surface area contributed by atoms with Gasteiger partial charge in [0, 0.05) is 6.42 Å². The molecule has 2 nitrogen and oxygen atoms in total. The van der Waals surface area contributed by atoms with Crippen LogP contribution in [0.15, 0.2) is 11.6 Å². The molecular formula is C21H32O2. The molecule has 4 fully saturated rings. The predicted molar refractivity (Wildman–Crippen MR) is 91.9 cm³/mol. The van der Waals surface area contributed by atoms with E-state index in [1.54, 1.807) is 0 Å². The van der Waals surface area contributed by atoms with Gasteiger partial charge in [0.2, 0.25) is 0 Å². The summed E-state index contributed by atoms with van der Waals surface area (Å²) in [7, 11) is 0. The third kappa shape index (κ3) is 2.06. The van der Waals surface area contributed by atoms with E-state index in [1.165, 1.54) is 32.1 Å². The van der Waals surface area contributed by atoms with Gasteiger partial charge in [0.05, 0.1) is 6.10 Å². The van der Waals surface area contributed by atoms with Crippen LogP contribution in [-0.2, 0) is 4.79 Å². The molecule has 4 rings (SSSR count). The summed E-state index contributed by atoms with van der Waals surface area (Å²) in [5.74, 6) is 3.20. The van der Waals surface area contributed by atoms with Crippen LogP contribution in [0.5, 0.6) is 0 Å². The van der Waals surface area contributed by atoms with Crippen molar-refractivity contribution in [2.24, 2.45) is 34.5 Å². The van der Waals surface area contributed by atoms with Gasteiger partial charge in [-0.25, -0.2) is 0 Å². The Kier molecular flexibility index (Phi) is 3.58.